The molecule has 4 nitrogen and oxygen atoms in total. The van der Waals surface area contributed by atoms with Gasteiger partial charge in [-0.25, -0.2) is 10.0 Å². The fourth-order valence-corrected chi connectivity index (χ4v) is 1.32. The van der Waals surface area contributed by atoms with Crippen LogP contribution in [0.1, 0.15) is 20.3 Å². The second kappa shape index (κ2) is 3.19. The van der Waals surface area contributed by atoms with E-state index < -0.39 is 6.23 Å². The van der Waals surface area contributed by atoms with Gasteiger partial charge in [-0.3, -0.25) is 4.79 Å². The molecule has 1 heterocycles. The molecule has 0 unspecified atom stereocenters. The molecule has 1 N–H and O–H groups in total. The van der Waals surface area contributed by atoms with Gasteiger partial charge in [0, 0.05) is 19.0 Å². The van der Waals surface area contributed by atoms with Crippen LogP contribution >= 0.6 is 0 Å². The summed E-state index contributed by atoms with van der Waals surface area (Å²) in [5.41, 5.74) is 0. The quantitative estimate of drug-likeness (QED) is 0.566. The van der Waals surface area contributed by atoms with Crippen LogP contribution in [0, 0.1) is 0 Å². The zero-order valence-electron chi connectivity index (χ0n) is 6.90. The van der Waals surface area contributed by atoms with Gasteiger partial charge in [0.25, 0.3) is 0 Å². The van der Waals surface area contributed by atoms with E-state index in [-0.39, 0.29) is 6.04 Å². The molecule has 1 rings (SSSR count). The summed E-state index contributed by atoms with van der Waals surface area (Å²) in [6, 6.07) is 0.275. The van der Waals surface area contributed by atoms with E-state index in [0.717, 1.165) is 6.54 Å². The third-order valence-electron chi connectivity index (χ3n) is 1.92. The van der Waals surface area contributed by atoms with Gasteiger partial charge in [0.05, 0.1) is 0 Å². The zero-order valence-corrected chi connectivity index (χ0v) is 6.90. The molecule has 0 spiro atoms. The summed E-state index contributed by atoms with van der Waals surface area (Å²) in [7, 11) is 0. The SMILES string of the molecule is CC(C)N1CC[C@@H](O)N1C=O. The number of hydrogen-bond acceptors (Lipinski definition) is 3. The number of rotatable bonds is 2. The minimum absolute atomic E-state index is 0.275. The van der Waals surface area contributed by atoms with Crippen molar-refractivity contribution in [3.63, 3.8) is 0 Å². The molecular formula is C7H14N2O2. The highest BCUT2D eigenvalue weighted by Gasteiger charge is 2.30. The molecule has 64 valence electrons. The Morgan fingerprint density at radius 3 is 2.64 bits per heavy atom. The van der Waals surface area contributed by atoms with E-state index in [1.807, 2.05) is 18.9 Å². The number of nitrogens with zero attached hydrogens (tertiary/aromatic N) is 2. The Balaban J connectivity index is 2.61. The molecule has 1 saturated heterocycles. The molecule has 0 aromatic heterocycles. The van der Waals surface area contributed by atoms with E-state index in [9.17, 15) is 9.90 Å². The van der Waals surface area contributed by atoms with E-state index in [2.05, 4.69) is 0 Å². The molecule has 4 heteroatoms. The third kappa shape index (κ3) is 1.52. The van der Waals surface area contributed by atoms with Crippen LogP contribution in [0.3, 0.4) is 0 Å². The van der Waals surface area contributed by atoms with Gasteiger partial charge in [0.15, 0.2) is 0 Å². The molecule has 1 fully saturated rings. The maximum absolute atomic E-state index is 10.5. The zero-order chi connectivity index (χ0) is 8.43. The third-order valence-corrected chi connectivity index (χ3v) is 1.92. The molecule has 0 aromatic rings. The van der Waals surface area contributed by atoms with Crippen molar-refractivity contribution in [2.45, 2.75) is 32.5 Å². The summed E-state index contributed by atoms with van der Waals surface area (Å²) in [6.45, 7) is 4.75. The van der Waals surface area contributed by atoms with E-state index in [1.54, 1.807) is 0 Å². The van der Waals surface area contributed by atoms with Gasteiger partial charge in [0.1, 0.15) is 6.23 Å². The van der Waals surface area contributed by atoms with Crippen LogP contribution in [0.25, 0.3) is 0 Å². The van der Waals surface area contributed by atoms with E-state index in [1.165, 1.54) is 5.01 Å². The highest BCUT2D eigenvalue weighted by Crippen LogP contribution is 2.16. The van der Waals surface area contributed by atoms with Crippen LogP contribution in [-0.4, -0.2) is 40.3 Å². The van der Waals surface area contributed by atoms with Crippen molar-refractivity contribution in [3.8, 4) is 0 Å². The van der Waals surface area contributed by atoms with Crippen molar-refractivity contribution < 1.29 is 9.90 Å². The van der Waals surface area contributed by atoms with E-state index >= 15 is 0 Å². The lowest BCUT2D eigenvalue weighted by atomic mass is 10.3. The summed E-state index contributed by atoms with van der Waals surface area (Å²) in [4.78, 5) is 10.5. The molecule has 1 aliphatic rings. The maximum atomic E-state index is 10.5. The Kier molecular flexibility index (Phi) is 2.46. The van der Waals surface area contributed by atoms with Crippen LogP contribution < -0.4 is 0 Å². The Labute approximate surface area is 66.4 Å². The van der Waals surface area contributed by atoms with Gasteiger partial charge in [-0.15, -0.1) is 0 Å². The van der Waals surface area contributed by atoms with Gasteiger partial charge in [-0.05, 0) is 13.8 Å². The smallest absolute Gasteiger partial charge is 0.226 e. The van der Waals surface area contributed by atoms with Crippen LogP contribution in [0.5, 0.6) is 0 Å². The molecule has 0 aliphatic carbocycles. The number of hydrazine groups is 1. The highest BCUT2D eigenvalue weighted by molar-refractivity contribution is 5.47. The molecule has 11 heavy (non-hydrogen) atoms. The maximum Gasteiger partial charge on any atom is 0.226 e. The lowest BCUT2D eigenvalue weighted by molar-refractivity contribution is -0.148. The minimum atomic E-state index is -0.616. The number of hydrogen-bond donors (Lipinski definition) is 1. The molecule has 0 radical (unpaired) electrons. The molecular weight excluding hydrogens is 144 g/mol. The summed E-state index contributed by atoms with van der Waals surface area (Å²) < 4.78 is 0. The first-order valence-corrected chi connectivity index (χ1v) is 3.85. The van der Waals surface area contributed by atoms with Crippen LogP contribution in [0.15, 0.2) is 0 Å². The van der Waals surface area contributed by atoms with Crippen molar-refractivity contribution in [3.05, 3.63) is 0 Å². The average Bonchev–Trinajstić information content (AvgIpc) is 2.30. The van der Waals surface area contributed by atoms with Crippen molar-refractivity contribution in [1.29, 1.82) is 0 Å². The largest absolute Gasteiger partial charge is 0.372 e. The Hall–Kier alpha value is -0.610. The molecule has 0 bridgehead atoms. The normalized spacial score (nSPS) is 26.5. The molecule has 0 saturated carbocycles. The van der Waals surface area contributed by atoms with Gasteiger partial charge < -0.3 is 5.11 Å². The summed E-state index contributed by atoms with van der Waals surface area (Å²) in [5.74, 6) is 0. The fraction of sp³-hybridized carbons (Fsp3) is 0.857. The van der Waals surface area contributed by atoms with Crippen LogP contribution in [0.2, 0.25) is 0 Å². The van der Waals surface area contributed by atoms with Gasteiger partial charge >= 0.3 is 0 Å². The first-order valence-electron chi connectivity index (χ1n) is 3.85. The van der Waals surface area contributed by atoms with Gasteiger partial charge in [-0.1, -0.05) is 0 Å². The first kappa shape index (κ1) is 8.49. The number of carbonyl (C=O) groups excluding carboxylic acids is 1. The van der Waals surface area contributed by atoms with Crippen LogP contribution in [-0.2, 0) is 4.79 Å². The Morgan fingerprint density at radius 1 is 1.64 bits per heavy atom. The number of aliphatic hydroxyl groups excluding tert-OH is 1. The van der Waals surface area contributed by atoms with E-state index in [0.29, 0.717) is 12.8 Å². The second-order valence-corrected chi connectivity index (χ2v) is 3.01. The van der Waals surface area contributed by atoms with Crippen molar-refractivity contribution in [1.82, 2.24) is 10.0 Å². The Bertz CT molecular complexity index is 149. The molecule has 1 aliphatic heterocycles. The average molecular weight is 158 g/mol. The summed E-state index contributed by atoms with van der Waals surface area (Å²) in [5, 5.41) is 12.5. The number of carbonyl (C=O) groups is 1. The monoisotopic (exact) mass is 158 g/mol. The van der Waals surface area contributed by atoms with Gasteiger partial charge in [-0.2, -0.15) is 0 Å². The summed E-state index contributed by atoms with van der Waals surface area (Å²) in [6.07, 6.45) is 0.712. The van der Waals surface area contributed by atoms with Crippen LogP contribution in [0.4, 0.5) is 0 Å². The highest BCUT2D eigenvalue weighted by atomic mass is 16.3. The fourth-order valence-electron chi connectivity index (χ4n) is 1.32. The summed E-state index contributed by atoms with van der Waals surface area (Å²) >= 11 is 0. The molecule has 1 atom stereocenters. The predicted octanol–water partition coefficient (Wildman–Crippen LogP) is -0.208. The van der Waals surface area contributed by atoms with Crippen molar-refractivity contribution in [2.75, 3.05) is 6.54 Å². The van der Waals surface area contributed by atoms with Crippen molar-refractivity contribution in [2.24, 2.45) is 0 Å². The lowest BCUT2D eigenvalue weighted by Crippen LogP contribution is -2.43. The minimum Gasteiger partial charge on any atom is -0.372 e. The second-order valence-electron chi connectivity index (χ2n) is 3.01. The van der Waals surface area contributed by atoms with E-state index in [4.69, 9.17) is 0 Å². The predicted molar refractivity (Wildman–Crippen MR) is 40.4 cm³/mol. The lowest BCUT2D eigenvalue weighted by Gasteiger charge is -2.29. The standard InChI is InChI=1S/C7H14N2O2/c1-6(2)8-4-3-7(11)9(8)5-10/h5-7,11H,3-4H2,1-2H3/t7-/m1/s1. The number of amides is 1. The number of aliphatic hydroxyl groups is 1. The molecule has 0 aromatic carbocycles. The van der Waals surface area contributed by atoms with Gasteiger partial charge in [0.2, 0.25) is 6.41 Å². The molecule has 1 amide bonds. The Morgan fingerprint density at radius 2 is 2.27 bits per heavy atom. The van der Waals surface area contributed by atoms with Crippen molar-refractivity contribution >= 4 is 6.41 Å². The first-order chi connectivity index (χ1) is 5.16. The topological polar surface area (TPSA) is 43.8 Å².